The summed E-state index contributed by atoms with van der Waals surface area (Å²) in [5.41, 5.74) is 0.0630. The smallest absolute Gasteiger partial charge is 0.393 e. The largest absolute Gasteiger partial charge is 0.433 e. The molecule has 2 heterocycles. The minimum absolute atomic E-state index is 0.151. The van der Waals surface area contributed by atoms with E-state index in [1.165, 1.54) is 11.3 Å². The van der Waals surface area contributed by atoms with E-state index in [1.54, 1.807) is 18.3 Å². The minimum Gasteiger partial charge on any atom is -0.393 e. The monoisotopic (exact) mass is 450 g/mol. The molecule has 0 aliphatic heterocycles. The highest BCUT2D eigenvalue weighted by Crippen LogP contribution is 2.41. The van der Waals surface area contributed by atoms with Gasteiger partial charge in [0.25, 0.3) is 0 Å². The Labute approximate surface area is 180 Å². The summed E-state index contributed by atoms with van der Waals surface area (Å²) in [6.45, 7) is 1.87. The van der Waals surface area contributed by atoms with E-state index in [0.29, 0.717) is 23.5 Å². The Morgan fingerprint density at radius 2 is 2.03 bits per heavy atom. The SMILES string of the molecule is Cc1cc(Nc2nccc(C(F)(F)F)n2)cc(-c2cnc(C3(O)CCCC(O)C3)s2)c1. The van der Waals surface area contributed by atoms with E-state index in [-0.39, 0.29) is 12.4 Å². The van der Waals surface area contributed by atoms with E-state index < -0.39 is 23.6 Å². The molecule has 2 atom stereocenters. The van der Waals surface area contributed by atoms with Gasteiger partial charge in [0.1, 0.15) is 16.3 Å². The first-order valence-corrected chi connectivity index (χ1v) is 10.6. The zero-order chi connectivity index (χ0) is 22.2. The summed E-state index contributed by atoms with van der Waals surface area (Å²) in [6, 6.07) is 6.29. The van der Waals surface area contributed by atoms with Gasteiger partial charge in [-0.15, -0.1) is 11.3 Å². The van der Waals surface area contributed by atoms with Gasteiger partial charge >= 0.3 is 6.18 Å². The number of alkyl halides is 3. The maximum Gasteiger partial charge on any atom is 0.433 e. The van der Waals surface area contributed by atoms with Crippen LogP contribution >= 0.6 is 11.3 Å². The van der Waals surface area contributed by atoms with Crippen molar-refractivity contribution in [3.05, 3.63) is 52.9 Å². The van der Waals surface area contributed by atoms with Crippen LogP contribution in [0.2, 0.25) is 0 Å². The Balaban J connectivity index is 1.60. The van der Waals surface area contributed by atoms with Crippen molar-refractivity contribution in [3.8, 4) is 10.4 Å². The molecule has 31 heavy (non-hydrogen) atoms. The van der Waals surface area contributed by atoms with Gasteiger partial charge in [0.15, 0.2) is 0 Å². The maximum absolute atomic E-state index is 12.9. The molecular weight excluding hydrogens is 429 g/mol. The summed E-state index contributed by atoms with van der Waals surface area (Å²) in [5.74, 6) is -0.151. The molecule has 2 unspecified atom stereocenters. The van der Waals surface area contributed by atoms with Gasteiger partial charge in [-0.2, -0.15) is 13.2 Å². The number of rotatable bonds is 4. The molecule has 1 aromatic carbocycles. The summed E-state index contributed by atoms with van der Waals surface area (Å²) >= 11 is 1.34. The number of aliphatic hydroxyl groups excluding tert-OH is 1. The molecule has 1 saturated carbocycles. The Hall–Kier alpha value is -2.56. The molecule has 1 aliphatic rings. The molecule has 0 bridgehead atoms. The van der Waals surface area contributed by atoms with Gasteiger partial charge in [0.05, 0.1) is 11.0 Å². The number of thiazole rings is 1. The summed E-state index contributed by atoms with van der Waals surface area (Å²) in [4.78, 5) is 12.6. The van der Waals surface area contributed by atoms with Crippen molar-refractivity contribution in [3.63, 3.8) is 0 Å². The third-order valence-corrected chi connectivity index (χ3v) is 6.41. The average Bonchev–Trinajstić information content (AvgIpc) is 3.18. The number of nitrogens with zero attached hydrogens (tertiary/aromatic N) is 3. The number of benzene rings is 1. The summed E-state index contributed by atoms with van der Waals surface area (Å²) in [7, 11) is 0. The van der Waals surface area contributed by atoms with Gasteiger partial charge in [-0.1, -0.05) is 6.07 Å². The molecule has 3 N–H and O–H groups in total. The molecule has 6 nitrogen and oxygen atoms in total. The number of hydrogen-bond donors (Lipinski definition) is 3. The van der Waals surface area contributed by atoms with Crippen LogP contribution in [0.3, 0.4) is 0 Å². The molecular formula is C21H21F3N4O2S. The molecule has 10 heteroatoms. The Morgan fingerprint density at radius 1 is 1.23 bits per heavy atom. The van der Waals surface area contributed by atoms with Crippen molar-refractivity contribution in [1.29, 1.82) is 0 Å². The molecule has 0 amide bonds. The quantitative estimate of drug-likeness (QED) is 0.529. The van der Waals surface area contributed by atoms with E-state index in [4.69, 9.17) is 0 Å². The van der Waals surface area contributed by atoms with Crippen molar-refractivity contribution in [2.24, 2.45) is 0 Å². The molecule has 0 radical (unpaired) electrons. The number of halogens is 3. The van der Waals surface area contributed by atoms with Crippen LogP contribution in [0.15, 0.2) is 36.7 Å². The van der Waals surface area contributed by atoms with E-state index in [1.807, 2.05) is 13.0 Å². The van der Waals surface area contributed by atoms with Crippen LogP contribution in [-0.4, -0.2) is 31.3 Å². The van der Waals surface area contributed by atoms with Crippen molar-refractivity contribution < 1.29 is 23.4 Å². The van der Waals surface area contributed by atoms with Crippen LogP contribution in [0.5, 0.6) is 0 Å². The Morgan fingerprint density at radius 3 is 2.77 bits per heavy atom. The molecule has 0 spiro atoms. The first kappa shape index (κ1) is 21.7. The van der Waals surface area contributed by atoms with Crippen molar-refractivity contribution in [2.75, 3.05) is 5.32 Å². The number of aromatic nitrogens is 3. The van der Waals surface area contributed by atoms with Crippen molar-refractivity contribution >= 4 is 23.0 Å². The number of nitrogens with one attached hydrogen (secondary N) is 1. The van der Waals surface area contributed by atoms with E-state index in [0.717, 1.165) is 34.7 Å². The van der Waals surface area contributed by atoms with Crippen LogP contribution in [0.1, 0.15) is 41.9 Å². The number of hydrogen-bond acceptors (Lipinski definition) is 7. The number of aliphatic hydroxyl groups is 2. The van der Waals surface area contributed by atoms with E-state index >= 15 is 0 Å². The van der Waals surface area contributed by atoms with Crippen LogP contribution in [0.25, 0.3) is 10.4 Å². The molecule has 2 aromatic heterocycles. The van der Waals surface area contributed by atoms with Gasteiger partial charge in [0.2, 0.25) is 5.95 Å². The first-order valence-electron chi connectivity index (χ1n) is 9.78. The minimum atomic E-state index is -4.55. The van der Waals surface area contributed by atoms with E-state index in [2.05, 4.69) is 20.3 Å². The lowest BCUT2D eigenvalue weighted by molar-refractivity contribution is -0.141. The molecule has 1 fully saturated rings. The predicted octanol–water partition coefficient (Wildman–Crippen LogP) is 4.79. The van der Waals surface area contributed by atoms with Gasteiger partial charge in [-0.25, -0.2) is 15.0 Å². The Kier molecular flexibility index (Phi) is 5.71. The molecule has 0 saturated heterocycles. The number of anilines is 2. The third kappa shape index (κ3) is 4.86. The highest BCUT2D eigenvalue weighted by atomic mass is 32.1. The average molecular weight is 450 g/mol. The fraction of sp³-hybridized carbons (Fsp3) is 0.381. The van der Waals surface area contributed by atoms with Crippen LogP contribution < -0.4 is 5.32 Å². The fourth-order valence-corrected chi connectivity index (χ4v) is 4.77. The third-order valence-electron chi connectivity index (χ3n) is 5.17. The highest BCUT2D eigenvalue weighted by Gasteiger charge is 2.38. The van der Waals surface area contributed by atoms with Gasteiger partial charge < -0.3 is 15.5 Å². The predicted molar refractivity (Wildman–Crippen MR) is 111 cm³/mol. The van der Waals surface area contributed by atoms with Gasteiger partial charge in [0, 0.05) is 24.5 Å². The number of aryl methyl sites for hydroxylation is 1. The lowest BCUT2D eigenvalue weighted by atomic mass is 9.83. The first-order chi connectivity index (χ1) is 14.6. The standard InChI is InChI=1S/C21H21F3N4O2S/c1-12-7-13(16-11-26-18(31-16)20(30)5-2-3-15(29)10-20)9-14(8-12)27-19-25-6-4-17(28-19)21(22,23)24/h4,6-9,11,15,29-30H,2-3,5,10H2,1H3,(H,25,27,28). The second kappa shape index (κ2) is 8.18. The van der Waals surface area contributed by atoms with Gasteiger partial charge in [-0.05, 0) is 55.5 Å². The lowest BCUT2D eigenvalue weighted by Crippen LogP contribution is -2.34. The normalized spacial score (nSPS) is 21.8. The van der Waals surface area contributed by atoms with E-state index in [9.17, 15) is 23.4 Å². The fourth-order valence-electron chi connectivity index (χ4n) is 3.74. The summed E-state index contributed by atoms with van der Waals surface area (Å²) in [6.07, 6.45) is -0.177. The summed E-state index contributed by atoms with van der Waals surface area (Å²) in [5, 5.41) is 24.3. The van der Waals surface area contributed by atoms with Crippen LogP contribution in [0.4, 0.5) is 24.8 Å². The molecule has 164 valence electrons. The molecule has 3 aromatic rings. The zero-order valence-electron chi connectivity index (χ0n) is 16.6. The maximum atomic E-state index is 12.9. The molecule has 1 aliphatic carbocycles. The van der Waals surface area contributed by atoms with Crippen LogP contribution in [-0.2, 0) is 11.8 Å². The second-order valence-electron chi connectivity index (χ2n) is 7.79. The summed E-state index contributed by atoms with van der Waals surface area (Å²) < 4.78 is 38.7. The highest BCUT2D eigenvalue weighted by molar-refractivity contribution is 7.15. The van der Waals surface area contributed by atoms with Crippen molar-refractivity contribution in [2.45, 2.75) is 50.5 Å². The van der Waals surface area contributed by atoms with Crippen LogP contribution in [0, 0.1) is 6.92 Å². The molecule has 4 rings (SSSR count). The topological polar surface area (TPSA) is 91.2 Å². The zero-order valence-corrected chi connectivity index (χ0v) is 17.5. The lowest BCUT2D eigenvalue weighted by Gasteiger charge is -2.32. The van der Waals surface area contributed by atoms with Gasteiger partial charge in [-0.3, -0.25) is 0 Å². The Bertz CT molecular complexity index is 1090. The second-order valence-corrected chi connectivity index (χ2v) is 8.82. The van der Waals surface area contributed by atoms with Crippen molar-refractivity contribution in [1.82, 2.24) is 15.0 Å².